The van der Waals surface area contributed by atoms with Gasteiger partial charge in [0.15, 0.2) is 0 Å². The number of rotatable bonds is 1. The van der Waals surface area contributed by atoms with E-state index < -0.39 is 0 Å². The van der Waals surface area contributed by atoms with Gasteiger partial charge in [-0.3, -0.25) is 0 Å². The molecule has 0 unspecified atom stereocenters. The highest BCUT2D eigenvalue weighted by Crippen LogP contribution is 2.06. The zero-order valence-corrected chi connectivity index (χ0v) is 12.0. The molecule has 0 saturated carbocycles. The van der Waals surface area contributed by atoms with Crippen LogP contribution in [-0.4, -0.2) is 0 Å². The zero-order valence-electron chi connectivity index (χ0n) is 12.0. The van der Waals surface area contributed by atoms with Crippen molar-refractivity contribution in [3.8, 4) is 0 Å². The minimum atomic E-state index is 1.05. The van der Waals surface area contributed by atoms with Crippen molar-refractivity contribution < 1.29 is 0 Å². The second-order valence-corrected chi connectivity index (χ2v) is 3.26. The van der Waals surface area contributed by atoms with Crippen molar-refractivity contribution in [2.24, 2.45) is 0 Å². The Balaban J connectivity index is 0.000000659. The van der Waals surface area contributed by atoms with Gasteiger partial charge in [0.1, 0.15) is 0 Å². The Kier molecular flexibility index (Phi) is 8.30. The third-order valence-corrected chi connectivity index (χ3v) is 2.35. The molecule has 0 aromatic heterocycles. The fraction of sp³-hybridized carbons (Fsp3) is 0.222. The SMILES string of the molecule is C=C/C=c1\c(=C)ccc2ccccc12.CC.CC. The molecule has 2 rings (SSSR count). The minimum Gasteiger partial charge on any atom is -0.0990 e. The van der Waals surface area contributed by atoms with E-state index in [2.05, 4.69) is 31.4 Å². The van der Waals surface area contributed by atoms with E-state index in [1.54, 1.807) is 6.08 Å². The lowest BCUT2D eigenvalue weighted by Gasteiger charge is -1.98. The van der Waals surface area contributed by atoms with Crippen molar-refractivity contribution in [2.45, 2.75) is 27.7 Å². The van der Waals surface area contributed by atoms with Crippen molar-refractivity contribution in [2.75, 3.05) is 0 Å². The normalized spacial score (nSPS) is 9.89. The van der Waals surface area contributed by atoms with Gasteiger partial charge in [-0.2, -0.15) is 0 Å². The van der Waals surface area contributed by atoms with E-state index in [0.717, 1.165) is 10.4 Å². The maximum Gasteiger partial charge on any atom is -0.0106 e. The first-order chi connectivity index (χ1) is 8.83. The van der Waals surface area contributed by atoms with Gasteiger partial charge in [-0.15, -0.1) is 0 Å². The molecule has 0 nitrogen and oxygen atoms in total. The maximum absolute atomic E-state index is 4.01. The van der Waals surface area contributed by atoms with Gasteiger partial charge in [-0.05, 0) is 21.2 Å². The molecule has 0 heteroatoms. The van der Waals surface area contributed by atoms with E-state index in [1.807, 2.05) is 52.0 Å². The van der Waals surface area contributed by atoms with Crippen LogP contribution in [0.4, 0.5) is 0 Å². The van der Waals surface area contributed by atoms with Gasteiger partial charge in [-0.1, -0.05) is 89.4 Å². The highest BCUT2D eigenvalue weighted by molar-refractivity contribution is 5.84. The van der Waals surface area contributed by atoms with Crippen LogP contribution in [0, 0.1) is 0 Å². The highest BCUT2D eigenvalue weighted by Gasteiger charge is 1.92. The third kappa shape index (κ3) is 3.89. The summed E-state index contributed by atoms with van der Waals surface area (Å²) in [6, 6.07) is 12.4. The molecule has 0 aliphatic rings. The molecule has 0 N–H and O–H groups in total. The van der Waals surface area contributed by atoms with Crippen LogP contribution < -0.4 is 10.4 Å². The Morgan fingerprint density at radius 2 is 1.50 bits per heavy atom. The summed E-state index contributed by atoms with van der Waals surface area (Å²) in [7, 11) is 0. The largest absolute Gasteiger partial charge is 0.0990 e. The Hall–Kier alpha value is -1.82. The van der Waals surface area contributed by atoms with E-state index in [0.29, 0.717) is 0 Å². The average molecular weight is 240 g/mol. The van der Waals surface area contributed by atoms with E-state index in [4.69, 9.17) is 0 Å². The molecule has 0 saturated heterocycles. The molecule has 18 heavy (non-hydrogen) atoms. The van der Waals surface area contributed by atoms with Gasteiger partial charge < -0.3 is 0 Å². The van der Waals surface area contributed by atoms with Gasteiger partial charge in [-0.25, -0.2) is 0 Å². The van der Waals surface area contributed by atoms with Crippen LogP contribution in [0.5, 0.6) is 0 Å². The van der Waals surface area contributed by atoms with Crippen molar-refractivity contribution in [3.05, 3.63) is 59.5 Å². The fourth-order valence-corrected chi connectivity index (χ4v) is 1.66. The molecule has 0 bridgehead atoms. The number of allylic oxidation sites excluding steroid dienone is 1. The summed E-state index contributed by atoms with van der Waals surface area (Å²) in [6.07, 6.45) is 3.81. The lowest BCUT2D eigenvalue weighted by Crippen LogP contribution is -2.22. The van der Waals surface area contributed by atoms with Crippen molar-refractivity contribution in [1.29, 1.82) is 0 Å². The second-order valence-electron chi connectivity index (χ2n) is 3.26. The molecular formula is C18H24. The Morgan fingerprint density at radius 3 is 2.11 bits per heavy atom. The smallest absolute Gasteiger partial charge is 0.0106 e. The number of hydrogen-bond donors (Lipinski definition) is 0. The summed E-state index contributed by atoms with van der Waals surface area (Å²) in [5, 5.41) is 4.69. The zero-order chi connectivity index (χ0) is 14.0. The third-order valence-electron chi connectivity index (χ3n) is 2.35. The van der Waals surface area contributed by atoms with E-state index >= 15 is 0 Å². The molecule has 0 aliphatic carbocycles. The van der Waals surface area contributed by atoms with Crippen LogP contribution in [0.3, 0.4) is 0 Å². The van der Waals surface area contributed by atoms with Gasteiger partial charge in [0.2, 0.25) is 0 Å². The standard InChI is InChI=1S/C14H12.2C2H6/c1-3-6-13-11(2)9-10-12-7-4-5-8-14(12)13;2*1-2/h3-10H,1-2H2;2*1-2H3/b13-6+;;. The molecule has 2 aromatic rings. The van der Waals surface area contributed by atoms with Crippen molar-refractivity contribution in [1.82, 2.24) is 0 Å². The van der Waals surface area contributed by atoms with Crippen LogP contribution in [0.15, 0.2) is 49.1 Å². The molecule has 0 heterocycles. The van der Waals surface area contributed by atoms with E-state index in [9.17, 15) is 0 Å². The summed E-state index contributed by atoms with van der Waals surface area (Å²) in [4.78, 5) is 0. The van der Waals surface area contributed by atoms with Crippen LogP contribution in [0.1, 0.15) is 27.7 Å². The van der Waals surface area contributed by atoms with Crippen LogP contribution in [-0.2, 0) is 0 Å². The predicted octanol–water partition coefficient (Wildman–Crippen LogP) is 4.27. The molecule has 0 radical (unpaired) electrons. The predicted molar refractivity (Wildman–Crippen MR) is 86.1 cm³/mol. The first kappa shape index (κ1) is 16.2. The number of hydrogen-bond acceptors (Lipinski definition) is 0. The molecule has 0 aliphatic heterocycles. The topological polar surface area (TPSA) is 0 Å². The Morgan fingerprint density at radius 1 is 0.889 bits per heavy atom. The molecule has 2 aromatic carbocycles. The molecule has 0 fully saturated rings. The highest BCUT2D eigenvalue weighted by atomic mass is 14.0. The molecule has 0 amide bonds. The first-order valence-corrected chi connectivity index (χ1v) is 6.62. The van der Waals surface area contributed by atoms with Gasteiger partial charge >= 0.3 is 0 Å². The first-order valence-electron chi connectivity index (χ1n) is 6.62. The summed E-state index contributed by atoms with van der Waals surface area (Å²) in [5.74, 6) is 0. The average Bonchev–Trinajstić information content (AvgIpc) is 2.46. The quantitative estimate of drug-likeness (QED) is 0.698. The summed E-state index contributed by atoms with van der Waals surface area (Å²) >= 11 is 0. The van der Waals surface area contributed by atoms with Gasteiger partial charge in [0, 0.05) is 0 Å². The second kappa shape index (κ2) is 9.23. The summed E-state index contributed by atoms with van der Waals surface area (Å²) in [5.41, 5.74) is 0. The number of fused-ring (bicyclic) bond motifs is 1. The van der Waals surface area contributed by atoms with Crippen molar-refractivity contribution >= 4 is 23.4 Å². The summed E-state index contributed by atoms with van der Waals surface area (Å²) in [6.45, 7) is 15.7. The Bertz CT molecular complexity index is 577. The fourth-order valence-electron chi connectivity index (χ4n) is 1.66. The van der Waals surface area contributed by atoms with Crippen LogP contribution >= 0.6 is 0 Å². The lowest BCUT2D eigenvalue weighted by molar-refractivity contribution is 1.50. The van der Waals surface area contributed by atoms with Crippen molar-refractivity contribution in [3.63, 3.8) is 0 Å². The molecule has 0 spiro atoms. The molecule has 96 valence electrons. The Labute approximate surface area is 111 Å². The monoisotopic (exact) mass is 240 g/mol. The summed E-state index contributed by atoms with van der Waals surface area (Å²) < 4.78 is 0. The number of benzene rings is 2. The molecular weight excluding hydrogens is 216 g/mol. The van der Waals surface area contributed by atoms with Crippen LogP contribution in [0.25, 0.3) is 23.4 Å². The van der Waals surface area contributed by atoms with Gasteiger partial charge in [0.05, 0.1) is 0 Å². The maximum atomic E-state index is 4.01. The van der Waals surface area contributed by atoms with E-state index in [1.165, 1.54) is 10.8 Å². The van der Waals surface area contributed by atoms with E-state index in [-0.39, 0.29) is 0 Å². The van der Waals surface area contributed by atoms with Gasteiger partial charge in [0.25, 0.3) is 0 Å². The molecule has 0 atom stereocenters. The minimum absolute atomic E-state index is 1.05. The lowest BCUT2D eigenvalue weighted by atomic mass is 10.1. The van der Waals surface area contributed by atoms with Crippen LogP contribution in [0.2, 0.25) is 0 Å².